The van der Waals surface area contributed by atoms with E-state index in [1.165, 1.54) is 9.80 Å². The molecule has 3 N–H and O–H groups in total. The van der Waals surface area contributed by atoms with E-state index in [1.54, 1.807) is 6.07 Å². The number of nitrogens with zero attached hydrogens (tertiary/aromatic N) is 2. The Morgan fingerprint density at radius 3 is 2.50 bits per heavy atom. The van der Waals surface area contributed by atoms with Gasteiger partial charge in [0, 0.05) is 23.8 Å². The smallest absolute Gasteiger partial charge is 0.414 e. The topological polar surface area (TPSA) is 113 Å². The Morgan fingerprint density at radius 1 is 1.18 bits per heavy atom. The number of hydrogen-bond acceptors (Lipinski definition) is 5. The molecule has 1 atom stereocenters. The van der Waals surface area contributed by atoms with Crippen LogP contribution in [0.25, 0.3) is 0 Å². The zero-order chi connectivity index (χ0) is 24.7. The van der Waals surface area contributed by atoms with Crippen molar-refractivity contribution in [2.24, 2.45) is 11.1 Å². The lowest BCUT2D eigenvalue weighted by Gasteiger charge is -2.40. The van der Waals surface area contributed by atoms with Crippen molar-refractivity contribution in [3.05, 3.63) is 64.7 Å². The number of likely N-dealkylation sites (tertiary alicyclic amines) is 1. The molecule has 2 aromatic rings. The summed E-state index contributed by atoms with van der Waals surface area (Å²) < 4.78 is 5.64. The summed E-state index contributed by atoms with van der Waals surface area (Å²) in [6.07, 6.45) is 1.09. The highest BCUT2D eigenvalue weighted by atomic mass is 35.5. The van der Waals surface area contributed by atoms with E-state index in [0.29, 0.717) is 30.1 Å². The highest BCUT2D eigenvalue weighted by Gasteiger charge is 2.43. The molecule has 3 rings (SSSR count). The van der Waals surface area contributed by atoms with E-state index in [9.17, 15) is 19.5 Å². The van der Waals surface area contributed by atoms with Gasteiger partial charge in [-0.3, -0.25) is 14.5 Å². The van der Waals surface area contributed by atoms with Gasteiger partial charge in [-0.25, -0.2) is 4.79 Å². The summed E-state index contributed by atoms with van der Waals surface area (Å²) in [4.78, 5) is 40.5. The molecule has 9 heteroatoms. The predicted octanol–water partition coefficient (Wildman–Crippen LogP) is 3.13. The van der Waals surface area contributed by atoms with E-state index in [-0.39, 0.29) is 19.7 Å². The number of nitrogens with two attached hydrogens (primary N) is 1. The maximum absolute atomic E-state index is 13.3. The first kappa shape index (κ1) is 25.5. The molecule has 0 aromatic heterocycles. The molecule has 0 aliphatic carbocycles. The van der Waals surface area contributed by atoms with Crippen molar-refractivity contribution in [3.63, 3.8) is 0 Å². The summed E-state index contributed by atoms with van der Waals surface area (Å²) >= 11 is 6.33. The molecule has 8 nitrogen and oxygen atoms in total. The number of hydrogen-bond donors (Lipinski definition) is 2. The second-order valence-corrected chi connectivity index (χ2v) is 8.88. The SMILES string of the molecule is CCc1ccc(N(Cc2ccccc2Cl)C(=O)OCC2(C(N)=O)CCCN(C(=O)CO)C2)cc1. The molecule has 0 saturated carbocycles. The summed E-state index contributed by atoms with van der Waals surface area (Å²) in [5.41, 5.74) is 6.96. The van der Waals surface area contributed by atoms with Gasteiger partial charge in [0.15, 0.2) is 0 Å². The zero-order valence-corrected chi connectivity index (χ0v) is 20.0. The van der Waals surface area contributed by atoms with Crippen molar-refractivity contribution in [1.29, 1.82) is 0 Å². The van der Waals surface area contributed by atoms with Crippen LogP contribution >= 0.6 is 11.6 Å². The number of aliphatic hydroxyl groups is 1. The van der Waals surface area contributed by atoms with Gasteiger partial charge in [0.2, 0.25) is 11.8 Å². The minimum Gasteiger partial charge on any atom is -0.448 e. The molecule has 1 fully saturated rings. The van der Waals surface area contributed by atoms with Crippen molar-refractivity contribution < 1.29 is 24.2 Å². The second kappa shape index (κ2) is 11.4. The molecule has 0 radical (unpaired) electrons. The Morgan fingerprint density at radius 2 is 1.88 bits per heavy atom. The fraction of sp³-hybridized carbons (Fsp3) is 0.400. The minimum atomic E-state index is -1.22. The molecule has 3 amide bonds. The fourth-order valence-corrected chi connectivity index (χ4v) is 4.28. The van der Waals surface area contributed by atoms with Crippen molar-refractivity contribution in [2.75, 3.05) is 31.2 Å². The number of aryl methyl sites for hydroxylation is 1. The number of carbonyl (C=O) groups is 3. The van der Waals surface area contributed by atoms with Crippen LogP contribution < -0.4 is 10.6 Å². The normalized spacial score (nSPS) is 17.8. The number of anilines is 1. The highest BCUT2D eigenvalue weighted by Crippen LogP contribution is 2.31. The highest BCUT2D eigenvalue weighted by molar-refractivity contribution is 6.31. The summed E-state index contributed by atoms with van der Waals surface area (Å²) in [5.74, 6) is -1.14. The van der Waals surface area contributed by atoms with Crippen LogP contribution in [-0.2, 0) is 27.3 Å². The third-order valence-electron chi connectivity index (χ3n) is 6.22. The molecular formula is C25H30ClN3O5. The molecule has 182 valence electrons. The van der Waals surface area contributed by atoms with Gasteiger partial charge in [0.1, 0.15) is 18.6 Å². The lowest BCUT2D eigenvalue weighted by Crippen LogP contribution is -2.55. The van der Waals surface area contributed by atoms with Gasteiger partial charge >= 0.3 is 6.09 Å². The van der Waals surface area contributed by atoms with Gasteiger partial charge in [-0.2, -0.15) is 0 Å². The Kier molecular flexibility index (Phi) is 8.52. The van der Waals surface area contributed by atoms with Gasteiger partial charge < -0.3 is 20.5 Å². The van der Waals surface area contributed by atoms with E-state index < -0.39 is 29.9 Å². The Balaban J connectivity index is 1.83. The maximum atomic E-state index is 13.3. The van der Waals surface area contributed by atoms with E-state index in [1.807, 2.05) is 49.4 Å². The number of carbonyl (C=O) groups excluding carboxylic acids is 3. The average Bonchev–Trinajstić information content (AvgIpc) is 2.86. The van der Waals surface area contributed by atoms with Crippen LogP contribution in [0.4, 0.5) is 10.5 Å². The van der Waals surface area contributed by atoms with Crippen molar-refractivity contribution in [1.82, 2.24) is 4.90 Å². The summed E-state index contributed by atoms with van der Waals surface area (Å²) in [5, 5.41) is 9.72. The van der Waals surface area contributed by atoms with E-state index in [4.69, 9.17) is 22.1 Å². The van der Waals surface area contributed by atoms with Crippen LogP contribution in [0.5, 0.6) is 0 Å². The summed E-state index contributed by atoms with van der Waals surface area (Å²) in [6.45, 7) is 1.68. The van der Waals surface area contributed by atoms with Gasteiger partial charge in [-0.05, 0) is 48.6 Å². The predicted molar refractivity (Wildman–Crippen MR) is 129 cm³/mol. The number of amides is 3. The van der Waals surface area contributed by atoms with E-state index in [0.717, 1.165) is 17.5 Å². The number of benzene rings is 2. The first-order valence-electron chi connectivity index (χ1n) is 11.2. The number of primary amides is 1. The van der Waals surface area contributed by atoms with Gasteiger partial charge in [-0.15, -0.1) is 0 Å². The number of piperidine rings is 1. The van der Waals surface area contributed by atoms with E-state index in [2.05, 4.69) is 0 Å². The quantitative estimate of drug-likeness (QED) is 0.594. The summed E-state index contributed by atoms with van der Waals surface area (Å²) in [6, 6.07) is 14.8. The van der Waals surface area contributed by atoms with Gasteiger partial charge in [0.05, 0.1) is 6.54 Å². The first-order chi connectivity index (χ1) is 16.3. The summed E-state index contributed by atoms with van der Waals surface area (Å²) in [7, 11) is 0. The third-order valence-corrected chi connectivity index (χ3v) is 6.59. The number of aliphatic hydroxyl groups excluding tert-OH is 1. The third kappa shape index (κ3) is 5.87. The van der Waals surface area contributed by atoms with Crippen molar-refractivity contribution in [3.8, 4) is 0 Å². The number of halogens is 1. The molecule has 1 heterocycles. The molecule has 1 aliphatic rings. The Bertz CT molecular complexity index is 1030. The lowest BCUT2D eigenvalue weighted by molar-refractivity contribution is -0.144. The molecule has 1 aliphatic heterocycles. The van der Waals surface area contributed by atoms with Crippen LogP contribution in [0.1, 0.15) is 30.9 Å². The standard InChI is InChI=1S/C25H30ClN3O5/c1-2-18-8-10-20(11-9-18)29(14-19-6-3-4-7-21(19)26)24(33)34-17-25(23(27)32)12-5-13-28(16-25)22(31)15-30/h3-4,6-11,30H,2,5,12-17H2,1H3,(H2,27,32). The zero-order valence-electron chi connectivity index (χ0n) is 19.2. The van der Waals surface area contributed by atoms with E-state index >= 15 is 0 Å². The van der Waals surface area contributed by atoms with Gasteiger partial charge in [-0.1, -0.05) is 48.9 Å². The van der Waals surface area contributed by atoms with Crippen LogP contribution in [0.3, 0.4) is 0 Å². The van der Waals surface area contributed by atoms with Crippen LogP contribution in [0, 0.1) is 5.41 Å². The van der Waals surface area contributed by atoms with Crippen LogP contribution in [0.15, 0.2) is 48.5 Å². The Hall–Kier alpha value is -3.10. The molecule has 34 heavy (non-hydrogen) atoms. The maximum Gasteiger partial charge on any atom is 0.414 e. The van der Waals surface area contributed by atoms with Gasteiger partial charge in [0.25, 0.3) is 0 Å². The minimum absolute atomic E-state index is 0.00921. The number of ether oxygens (including phenoxy) is 1. The molecule has 1 saturated heterocycles. The van der Waals surface area contributed by atoms with Crippen molar-refractivity contribution >= 4 is 35.2 Å². The molecule has 0 spiro atoms. The lowest BCUT2D eigenvalue weighted by atomic mass is 9.80. The molecular weight excluding hydrogens is 458 g/mol. The second-order valence-electron chi connectivity index (χ2n) is 8.47. The average molecular weight is 488 g/mol. The molecule has 1 unspecified atom stereocenters. The first-order valence-corrected chi connectivity index (χ1v) is 11.6. The van der Waals surface area contributed by atoms with Crippen LogP contribution in [-0.4, -0.2) is 54.2 Å². The van der Waals surface area contributed by atoms with Crippen molar-refractivity contribution in [2.45, 2.75) is 32.7 Å². The Labute approximate surface area is 204 Å². The number of rotatable bonds is 8. The largest absolute Gasteiger partial charge is 0.448 e. The van der Waals surface area contributed by atoms with Crippen LogP contribution in [0.2, 0.25) is 5.02 Å². The molecule has 0 bridgehead atoms. The fourth-order valence-electron chi connectivity index (χ4n) is 4.08. The molecule has 2 aromatic carbocycles. The monoisotopic (exact) mass is 487 g/mol.